The molecule has 1 saturated carbocycles. The molecule has 0 bridgehead atoms. The molecule has 0 unspecified atom stereocenters. The molecule has 1 aromatic rings. The molecule has 214 valence electrons. The number of carbonyl (C=O) groups excluding carboxylic acids is 5. The van der Waals surface area contributed by atoms with Crippen LogP contribution in [0.4, 0.5) is 0 Å². The molecule has 0 heterocycles. The van der Waals surface area contributed by atoms with Gasteiger partial charge in [0.25, 0.3) is 5.91 Å². The summed E-state index contributed by atoms with van der Waals surface area (Å²) in [7, 11) is 0. The zero-order chi connectivity index (χ0) is 29.9. The summed E-state index contributed by atoms with van der Waals surface area (Å²) < 4.78 is 10.9. The quantitative estimate of drug-likeness (QED) is 0.259. The van der Waals surface area contributed by atoms with Crippen LogP contribution in [-0.4, -0.2) is 67.1 Å². The Morgan fingerprint density at radius 1 is 1.07 bits per heavy atom. The first-order valence-corrected chi connectivity index (χ1v) is 12.7. The van der Waals surface area contributed by atoms with Crippen LogP contribution in [0.25, 0.3) is 5.76 Å². The molecule has 40 heavy (non-hydrogen) atoms. The van der Waals surface area contributed by atoms with E-state index in [0.717, 1.165) is 0 Å². The number of aliphatic hydroxyl groups excluding tert-OH is 2. The third-order valence-electron chi connectivity index (χ3n) is 7.56. The van der Waals surface area contributed by atoms with Gasteiger partial charge in [-0.25, -0.2) is 0 Å². The number of esters is 2. The van der Waals surface area contributed by atoms with E-state index in [4.69, 9.17) is 15.2 Å². The minimum absolute atomic E-state index is 0.0860. The van der Waals surface area contributed by atoms with E-state index in [1.54, 1.807) is 33.8 Å². The van der Waals surface area contributed by atoms with Crippen LogP contribution < -0.4 is 5.73 Å². The van der Waals surface area contributed by atoms with E-state index in [0.29, 0.717) is 5.56 Å². The van der Waals surface area contributed by atoms with E-state index in [2.05, 4.69) is 0 Å². The fraction of sp³-hybridized carbons (Fsp3) is 0.464. The number of phenols is 1. The fourth-order valence-electron chi connectivity index (χ4n) is 5.89. The Morgan fingerprint density at radius 2 is 1.70 bits per heavy atom. The number of benzene rings is 1. The van der Waals surface area contributed by atoms with Gasteiger partial charge < -0.3 is 35.6 Å². The Labute approximate surface area is 229 Å². The highest BCUT2D eigenvalue weighted by Gasteiger charge is 2.66. The van der Waals surface area contributed by atoms with E-state index in [1.807, 2.05) is 0 Å². The Bertz CT molecular complexity index is 1400. The SMILES string of the molecule is C[C@H]1c2cccc(O)c2C(O)=C2C(=O)[C@]3(O)C(O)=C(C(N)=O)C(=O)C[C@@H]3[C@@H](OC(=O)CCC(=O)OC(C)(C)C)[C@@H]21. The number of fused-ring (bicyclic) bond motifs is 3. The number of carbonyl (C=O) groups is 5. The molecule has 6 N–H and O–H groups in total. The normalized spacial score (nSPS) is 27.9. The molecule has 12 heteroatoms. The highest BCUT2D eigenvalue weighted by molar-refractivity contribution is 6.23. The predicted molar refractivity (Wildman–Crippen MR) is 136 cm³/mol. The number of aromatic hydroxyl groups is 1. The molecule has 4 rings (SSSR count). The maximum Gasteiger partial charge on any atom is 0.306 e. The summed E-state index contributed by atoms with van der Waals surface area (Å²) in [5, 5.41) is 44.2. The Hall–Kier alpha value is -4.19. The zero-order valence-corrected chi connectivity index (χ0v) is 22.4. The second kappa shape index (κ2) is 9.77. The number of hydrogen-bond donors (Lipinski definition) is 5. The summed E-state index contributed by atoms with van der Waals surface area (Å²) in [6, 6.07) is 4.39. The Kier molecular flexibility index (Phi) is 7.04. The summed E-state index contributed by atoms with van der Waals surface area (Å²) in [5.41, 5.74) is 0.361. The summed E-state index contributed by atoms with van der Waals surface area (Å²) in [6.45, 7) is 6.61. The van der Waals surface area contributed by atoms with E-state index >= 15 is 0 Å². The molecule has 0 saturated heterocycles. The minimum atomic E-state index is -2.96. The first-order valence-electron chi connectivity index (χ1n) is 12.7. The molecule has 3 aliphatic carbocycles. The number of aliphatic hydroxyl groups is 3. The fourth-order valence-corrected chi connectivity index (χ4v) is 5.89. The molecule has 0 aromatic heterocycles. The number of ketones is 2. The molecule has 0 spiro atoms. The highest BCUT2D eigenvalue weighted by atomic mass is 16.6. The minimum Gasteiger partial charge on any atom is -0.508 e. The van der Waals surface area contributed by atoms with Gasteiger partial charge in [-0.2, -0.15) is 0 Å². The number of rotatable bonds is 5. The van der Waals surface area contributed by atoms with Gasteiger partial charge >= 0.3 is 11.9 Å². The summed E-state index contributed by atoms with van der Waals surface area (Å²) in [4.78, 5) is 63.8. The lowest BCUT2D eigenvalue weighted by Gasteiger charge is -2.51. The summed E-state index contributed by atoms with van der Waals surface area (Å²) in [6.07, 6.45) is -2.98. The molecule has 0 aliphatic heterocycles. The van der Waals surface area contributed by atoms with Crippen LogP contribution in [0, 0.1) is 11.8 Å². The predicted octanol–water partition coefficient (Wildman–Crippen LogP) is 1.63. The average Bonchev–Trinajstić information content (AvgIpc) is 2.83. The topological polar surface area (TPSA) is 211 Å². The maximum absolute atomic E-state index is 13.8. The van der Waals surface area contributed by atoms with Gasteiger partial charge in [-0.15, -0.1) is 0 Å². The van der Waals surface area contributed by atoms with E-state index < -0.39 is 100.0 Å². The second-order valence-electron chi connectivity index (χ2n) is 11.3. The first kappa shape index (κ1) is 28.8. The zero-order valence-electron chi connectivity index (χ0n) is 22.4. The van der Waals surface area contributed by atoms with Gasteiger partial charge in [0.2, 0.25) is 5.78 Å². The first-order chi connectivity index (χ1) is 18.5. The molecule has 0 radical (unpaired) electrons. The number of Topliss-reactive ketones (excluding diaryl/α,β-unsaturated/α-hetero) is 2. The van der Waals surface area contributed by atoms with Crippen molar-refractivity contribution in [3.05, 3.63) is 46.2 Å². The number of nitrogens with two attached hydrogens (primary N) is 1. The van der Waals surface area contributed by atoms with Crippen molar-refractivity contribution in [1.82, 2.24) is 0 Å². The van der Waals surface area contributed by atoms with Gasteiger partial charge in [-0.3, -0.25) is 24.0 Å². The van der Waals surface area contributed by atoms with Crippen LogP contribution in [0.2, 0.25) is 0 Å². The molecule has 12 nitrogen and oxygen atoms in total. The third-order valence-corrected chi connectivity index (χ3v) is 7.56. The molecule has 1 amide bonds. The van der Waals surface area contributed by atoms with Crippen molar-refractivity contribution in [2.75, 3.05) is 0 Å². The number of phenolic OH excluding ortho intramolecular Hbond substituents is 1. The Morgan fingerprint density at radius 3 is 2.30 bits per heavy atom. The molecule has 1 aromatic carbocycles. The largest absolute Gasteiger partial charge is 0.508 e. The number of amides is 1. The third kappa shape index (κ3) is 4.51. The number of ether oxygens (including phenoxy) is 2. The van der Waals surface area contributed by atoms with Crippen LogP contribution in [0.3, 0.4) is 0 Å². The van der Waals surface area contributed by atoms with Crippen molar-refractivity contribution in [2.45, 2.75) is 70.2 Å². The smallest absolute Gasteiger partial charge is 0.306 e. The molecule has 3 aliphatic rings. The Balaban J connectivity index is 1.83. The lowest BCUT2D eigenvalue weighted by atomic mass is 9.55. The van der Waals surface area contributed by atoms with Crippen molar-refractivity contribution >= 4 is 35.2 Å². The van der Waals surface area contributed by atoms with Crippen molar-refractivity contribution < 1.29 is 53.9 Å². The number of hydrogen-bond acceptors (Lipinski definition) is 11. The standard InChI is InChI=1S/C28H31NO11/c1-11-12-6-5-7-14(30)19(12)22(34)21-18(11)23(39-16(32)8-9-17(33)40-27(2,3)4)13-10-15(31)20(26(29)37)24(35)28(13,38)25(21)36/h5-7,11,13,18,23,30,34-35,38H,8-10H2,1-4H3,(H2,29,37)/t11-,13+,18+,23+,28+/m0/s1. The average molecular weight is 558 g/mol. The molecule has 5 atom stereocenters. The summed E-state index contributed by atoms with van der Waals surface area (Å²) in [5.74, 6) is -11.0. The lowest BCUT2D eigenvalue weighted by molar-refractivity contribution is -0.179. The van der Waals surface area contributed by atoms with Crippen molar-refractivity contribution in [3.63, 3.8) is 0 Å². The van der Waals surface area contributed by atoms with E-state index in [-0.39, 0.29) is 17.7 Å². The van der Waals surface area contributed by atoms with Crippen molar-refractivity contribution in [3.8, 4) is 5.75 Å². The summed E-state index contributed by atoms with van der Waals surface area (Å²) >= 11 is 0. The monoisotopic (exact) mass is 557 g/mol. The van der Waals surface area contributed by atoms with Gasteiger partial charge in [0.05, 0.1) is 18.4 Å². The lowest BCUT2D eigenvalue weighted by Crippen LogP contribution is -2.64. The van der Waals surface area contributed by atoms with Gasteiger partial charge in [0, 0.05) is 23.8 Å². The van der Waals surface area contributed by atoms with Crippen LogP contribution in [0.15, 0.2) is 35.1 Å². The van der Waals surface area contributed by atoms with Crippen LogP contribution >= 0.6 is 0 Å². The van der Waals surface area contributed by atoms with E-state index in [1.165, 1.54) is 12.1 Å². The van der Waals surface area contributed by atoms with E-state index in [9.17, 15) is 44.4 Å². The second-order valence-corrected chi connectivity index (χ2v) is 11.3. The highest BCUT2D eigenvalue weighted by Crippen LogP contribution is 2.56. The molecular formula is C28H31NO11. The van der Waals surface area contributed by atoms with Crippen LogP contribution in [-0.2, 0) is 33.4 Å². The van der Waals surface area contributed by atoms with Gasteiger partial charge in [-0.05, 0) is 38.3 Å². The van der Waals surface area contributed by atoms with Gasteiger partial charge in [0.1, 0.15) is 34.5 Å². The number of primary amides is 1. The van der Waals surface area contributed by atoms with Crippen LogP contribution in [0.5, 0.6) is 5.75 Å². The van der Waals surface area contributed by atoms with Crippen molar-refractivity contribution in [1.29, 1.82) is 0 Å². The van der Waals surface area contributed by atoms with Gasteiger partial charge in [-0.1, -0.05) is 19.1 Å². The molecule has 1 fully saturated rings. The molecular weight excluding hydrogens is 526 g/mol. The van der Waals surface area contributed by atoms with Gasteiger partial charge in [0.15, 0.2) is 11.4 Å². The van der Waals surface area contributed by atoms with Crippen molar-refractivity contribution in [2.24, 2.45) is 17.6 Å². The van der Waals surface area contributed by atoms with Crippen LogP contribution in [0.1, 0.15) is 64.0 Å². The maximum atomic E-state index is 13.8.